The van der Waals surface area contributed by atoms with E-state index in [9.17, 15) is 0 Å². The first-order valence-electron chi connectivity index (χ1n) is 8.56. The van der Waals surface area contributed by atoms with Gasteiger partial charge in [-0.05, 0) is 74.2 Å². The summed E-state index contributed by atoms with van der Waals surface area (Å²) >= 11 is 7.52. The van der Waals surface area contributed by atoms with Gasteiger partial charge in [0.1, 0.15) is 4.99 Å². The van der Waals surface area contributed by atoms with Gasteiger partial charge in [-0.25, -0.2) is 0 Å². The molecule has 0 spiro atoms. The van der Waals surface area contributed by atoms with Gasteiger partial charge in [0.15, 0.2) is 0 Å². The Morgan fingerprint density at radius 2 is 2.00 bits per heavy atom. The van der Waals surface area contributed by atoms with Crippen LogP contribution in [-0.4, -0.2) is 22.0 Å². The Morgan fingerprint density at radius 3 is 2.71 bits per heavy atom. The second-order valence-electron chi connectivity index (χ2n) is 7.30. The zero-order chi connectivity index (χ0) is 17.3. The fraction of sp³-hybridized carbons (Fsp3) is 0.450. The maximum atomic E-state index is 6.54. The zero-order valence-electron chi connectivity index (χ0n) is 14.8. The van der Waals surface area contributed by atoms with Crippen molar-refractivity contribution in [1.82, 2.24) is 4.90 Å². The highest BCUT2D eigenvalue weighted by molar-refractivity contribution is 7.80. The number of hydrogen-bond donors (Lipinski definition) is 1. The van der Waals surface area contributed by atoms with Gasteiger partial charge in [0.25, 0.3) is 0 Å². The molecule has 1 aromatic heterocycles. The second kappa shape index (κ2) is 6.95. The van der Waals surface area contributed by atoms with Gasteiger partial charge in [-0.15, -0.1) is 11.3 Å². The van der Waals surface area contributed by atoms with Gasteiger partial charge in [0.2, 0.25) is 0 Å². The molecule has 2 aromatic rings. The van der Waals surface area contributed by atoms with E-state index in [4.69, 9.17) is 18.0 Å². The Bertz CT molecular complexity index is 732. The summed E-state index contributed by atoms with van der Waals surface area (Å²) in [5.41, 5.74) is 11.7. The van der Waals surface area contributed by atoms with Crippen LogP contribution in [0.5, 0.6) is 0 Å². The van der Waals surface area contributed by atoms with Gasteiger partial charge in [-0.3, -0.25) is 0 Å². The third kappa shape index (κ3) is 3.88. The summed E-state index contributed by atoms with van der Waals surface area (Å²) in [5, 5.41) is 2.13. The predicted octanol–water partition coefficient (Wildman–Crippen LogP) is 4.60. The third-order valence-corrected chi connectivity index (χ3v) is 6.49. The number of hydrogen-bond acceptors (Lipinski definition) is 3. The van der Waals surface area contributed by atoms with Crippen LogP contribution in [0.3, 0.4) is 0 Å². The van der Waals surface area contributed by atoms with E-state index < -0.39 is 0 Å². The molecular weight excluding hydrogens is 332 g/mol. The highest BCUT2D eigenvalue weighted by Gasteiger charge is 2.27. The Kier molecular flexibility index (Phi) is 5.09. The van der Waals surface area contributed by atoms with Gasteiger partial charge in [0.05, 0.1) is 0 Å². The van der Waals surface area contributed by atoms with Crippen LogP contribution in [-0.2, 0) is 13.0 Å². The minimum atomic E-state index is -0.153. The molecule has 2 N–H and O–H groups in total. The topological polar surface area (TPSA) is 29.3 Å². The average molecular weight is 359 g/mol. The standard InChI is InChI=1S/C20H26N2S2/c1-14-11-16-13-22(19(23)18(16)12-15(14)2)9-8-20(3,21)7-6-17-5-4-10-24-17/h4-5,10-12H,6-9,13,21H2,1-3H3. The molecule has 0 amide bonds. The average Bonchev–Trinajstić information content (AvgIpc) is 3.14. The molecule has 1 atom stereocenters. The molecule has 1 aliphatic heterocycles. The minimum Gasteiger partial charge on any atom is -0.358 e. The molecule has 0 aliphatic carbocycles. The second-order valence-corrected chi connectivity index (χ2v) is 8.72. The van der Waals surface area contributed by atoms with Crippen molar-refractivity contribution in [3.05, 3.63) is 56.8 Å². The molecule has 128 valence electrons. The molecule has 0 radical (unpaired) electrons. The minimum absolute atomic E-state index is 0.153. The molecule has 4 heteroatoms. The number of thiophene rings is 1. The van der Waals surface area contributed by atoms with Crippen molar-refractivity contribution in [2.24, 2.45) is 5.73 Å². The summed E-state index contributed by atoms with van der Waals surface area (Å²) in [6.45, 7) is 8.35. The van der Waals surface area contributed by atoms with E-state index in [1.807, 2.05) is 11.3 Å². The van der Waals surface area contributed by atoms with Crippen LogP contribution in [0.4, 0.5) is 0 Å². The van der Waals surface area contributed by atoms with Crippen LogP contribution in [0.25, 0.3) is 0 Å². The molecule has 1 unspecified atom stereocenters. The number of fused-ring (bicyclic) bond motifs is 1. The summed E-state index contributed by atoms with van der Waals surface area (Å²) in [6.07, 6.45) is 3.04. The molecule has 0 saturated heterocycles. The predicted molar refractivity (Wildman–Crippen MR) is 108 cm³/mol. The molecule has 2 nitrogen and oxygen atoms in total. The molecule has 2 heterocycles. The summed E-state index contributed by atoms with van der Waals surface area (Å²) < 4.78 is 0. The van der Waals surface area contributed by atoms with E-state index in [0.717, 1.165) is 37.3 Å². The van der Waals surface area contributed by atoms with E-state index in [1.54, 1.807) is 0 Å². The monoisotopic (exact) mass is 358 g/mol. The Labute approximate surface area is 154 Å². The van der Waals surface area contributed by atoms with Gasteiger partial charge < -0.3 is 10.6 Å². The number of benzene rings is 1. The smallest absolute Gasteiger partial charge is 0.109 e. The fourth-order valence-electron chi connectivity index (χ4n) is 3.21. The van der Waals surface area contributed by atoms with Crippen LogP contribution in [0.2, 0.25) is 0 Å². The molecule has 0 saturated carbocycles. The Hall–Kier alpha value is -1.23. The van der Waals surface area contributed by atoms with Crippen LogP contribution < -0.4 is 5.73 Å². The number of aryl methyl sites for hydroxylation is 3. The Balaban J connectivity index is 1.58. The van der Waals surface area contributed by atoms with E-state index >= 15 is 0 Å². The van der Waals surface area contributed by atoms with E-state index in [0.29, 0.717) is 0 Å². The molecule has 3 rings (SSSR count). The van der Waals surface area contributed by atoms with Crippen molar-refractivity contribution in [1.29, 1.82) is 0 Å². The Morgan fingerprint density at radius 1 is 1.25 bits per heavy atom. The zero-order valence-corrected chi connectivity index (χ0v) is 16.4. The van der Waals surface area contributed by atoms with Crippen molar-refractivity contribution in [3.8, 4) is 0 Å². The van der Waals surface area contributed by atoms with Gasteiger partial charge in [-0.1, -0.05) is 24.4 Å². The molecular formula is C20H26N2S2. The van der Waals surface area contributed by atoms with E-state index in [2.05, 4.69) is 55.3 Å². The maximum Gasteiger partial charge on any atom is 0.109 e. The first-order valence-corrected chi connectivity index (χ1v) is 9.85. The summed E-state index contributed by atoms with van der Waals surface area (Å²) in [4.78, 5) is 4.72. The lowest BCUT2D eigenvalue weighted by molar-refractivity contribution is 0.331. The van der Waals surface area contributed by atoms with Crippen molar-refractivity contribution < 1.29 is 0 Å². The molecule has 1 aliphatic rings. The lowest BCUT2D eigenvalue weighted by Crippen LogP contribution is -2.40. The maximum absolute atomic E-state index is 6.54. The molecule has 24 heavy (non-hydrogen) atoms. The molecule has 0 bridgehead atoms. The third-order valence-electron chi connectivity index (χ3n) is 5.07. The van der Waals surface area contributed by atoms with Gasteiger partial charge in [-0.2, -0.15) is 0 Å². The van der Waals surface area contributed by atoms with Crippen molar-refractivity contribution >= 4 is 28.5 Å². The fourth-order valence-corrected chi connectivity index (χ4v) is 4.27. The lowest BCUT2D eigenvalue weighted by atomic mass is 9.92. The summed E-state index contributed by atoms with van der Waals surface area (Å²) in [6, 6.07) is 8.83. The van der Waals surface area contributed by atoms with Crippen LogP contribution in [0.15, 0.2) is 29.6 Å². The first-order chi connectivity index (χ1) is 11.4. The van der Waals surface area contributed by atoms with E-state index in [-0.39, 0.29) is 5.54 Å². The van der Waals surface area contributed by atoms with Crippen LogP contribution in [0, 0.1) is 13.8 Å². The number of thiocarbonyl (C=S) groups is 1. The number of nitrogens with zero attached hydrogens (tertiary/aromatic N) is 1. The molecule has 1 aromatic carbocycles. The van der Waals surface area contributed by atoms with Gasteiger partial charge >= 0.3 is 0 Å². The van der Waals surface area contributed by atoms with Gasteiger partial charge in [0, 0.05) is 29.1 Å². The normalized spacial score (nSPS) is 16.3. The highest BCUT2D eigenvalue weighted by atomic mass is 32.1. The van der Waals surface area contributed by atoms with Crippen LogP contribution >= 0.6 is 23.6 Å². The lowest BCUT2D eigenvalue weighted by Gasteiger charge is -2.28. The largest absolute Gasteiger partial charge is 0.358 e. The first kappa shape index (κ1) is 17.6. The van der Waals surface area contributed by atoms with Crippen molar-refractivity contribution in [2.75, 3.05) is 6.54 Å². The highest BCUT2D eigenvalue weighted by Crippen LogP contribution is 2.28. The molecule has 0 fully saturated rings. The summed E-state index contributed by atoms with van der Waals surface area (Å²) in [5.74, 6) is 0. The number of nitrogens with two attached hydrogens (primary N) is 1. The van der Waals surface area contributed by atoms with Crippen molar-refractivity contribution in [3.63, 3.8) is 0 Å². The quantitative estimate of drug-likeness (QED) is 0.766. The number of rotatable bonds is 6. The SMILES string of the molecule is Cc1cc2c(cc1C)C(=S)N(CCC(C)(N)CCc1cccs1)C2. The summed E-state index contributed by atoms with van der Waals surface area (Å²) in [7, 11) is 0. The van der Waals surface area contributed by atoms with Crippen LogP contribution in [0.1, 0.15) is 46.9 Å². The van der Waals surface area contributed by atoms with Crippen molar-refractivity contribution in [2.45, 2.75) is 52.1 Å². The van der Waals surface area contributed by atoms with E-state index in [1.165, 1.54) is 27.1 Å².